The highest BCUT2D eigenvalue weighted by atomic mass is 16.5. The lowest BCUT2D eigenvalue weighted by atomic mass is 10.0. The Balaban J connectivity index is 1.87. The highest BCUT2D eigenvalue weighted by molar-refractivity contribution is 6.18. The second-order valence-electron chi connectivity index (χ2n) is 5.88. The Hall–Kier alpha value is -3.34. The third kappa shape index (κ3) is 2.59. The van der Waals surface area contributed by atoms with Crippen molar-refractivity contribution in [1.29, 1.82) is 0 Å². The van der Waals surface area contributed by atoms with Gasteiger partial charge in [0, 0.05) is 27.5 Å². The quantitative estimate of drug-likeness (QED) is 0.443. The molecule has 0 saturated heterocycles. The topological polar surface area (TPSA) is 75.0 Å². The predicted octanol–water partition coefficient (Wildman–Crippen LogP) is 3.60. The van der Waals surface area contributed by atoms with Crippen molar-refractivity contribution in [2.75, 3.05) is 7.11 Å². The van der Waals surface area contributed by atoms with Crippen LogP contribution in [0, 0.1) is 0 Å². The van der Waals surface area contributed by atoms with Crippen molar-refractivity contribution in [2.24, 2.45) is 0 Å². The molecule has 2 N–H and O–H groups in total. The van der Waals surface area contributed by atoms with Crippen molar-refractivity contribution in [1.82, 2.24) is 9.97 Å². The number of carbonyl (C=O) groups is 2. The van der Waals surface area contributed by atoms with Crippen molar-refractivity contribution in [3.05, 3.63) is 71.5 Å². The van der Waals surface area contributed by atoms with Crippen LogP contribution in [0.1, 0.15) is 21.7 Å². The molecule has 0 fully saturated rings. The van der Waals surface area contributed by atoms with E-state index in [1.54, 1.807) is 0 Å². The Labute approximate surface area is 143 Å². The molecule has 0 spiro atoms. The zero-order valence-corrected chi connectivity index (χ0v) is 13.6. The van der Waals surface area contributed by atoms with Crippen LogP contribution in [-0.4, -0.2) is 28.8 Å². The summed E-state index contributed by atoms with van der Waals surface area (Å²) in [6.07, 6.45) is 0.0203. The van der Waals surface area contributed by atoms with Crippen molar-refractivity contribution >= 4 is 33.6 Å². The lowest BCUT2D eigenvalue weighted by Crippen LogP contribution is -2.10. The lowest BCUT2D eigenvalue weighted by molar-refractivity contribution is -0.139. The van der Waals surface area contributed by atoms with Gasteiger partial charge < -0.3 is 14.7 Å². The van der Waals surface area contributed by atoms with Crippen LogP contribution in [0.25, 0.3) is 21.8 Å². The largest absolute Gasteiger partial charge is 0.469 e. The van der Waals surface area contributed by atoms with Gasteiger partial charge in [0.15, 0.2) is 0 Å². The Morgan fingerprint density at radius 3 is 2.44 bits per heavy atom. The van der Waals surface area contributed by atoms with E-state index in [4.69, 9.17) is 4.74 Å². The summed E-state index contributed by atoms with van der Waals surface area (Å²) in [5.41, 5.74) is 3.29. The SMILES string of the molecule is COC(=O)Cc1[nH]c2ccccc2c1C(=O)c1cc2ccccc2[nH]1. The number of aromatic nitrogens is 2. The van der Waals surface area contributed by atoms with Crippen molar-refractivity contribution in [3.63, 3.8) is 0 Å². The molecule has 0 radical (unpaired) electrons. The van der Waals surface area contributed by atoms with Crippen LogP contribution >= 0.6 is 0 Å². The number of fused-ring (bicyclic) bond motifs is 2. The molecule has 0 aliphatic heterocycles. The molecule has 2 aromatic heterocycles. The number of esters is 1. The van der Waals surface area contributed by atoms with Gasteiger partial charge in [-0.2, -0.15) is 0 Å². The van der Waals surface area contributed by atoms with Crippen LogP contribution in [0.3, 0.4) is 0 Å². The van der Waals surface area contributed by atoms with E-state index >= 15 is 0 Å². The fourth-order valence-corrected chi connectivity index (χ4v) is 3.14. The average molecular weight is 332 g/mol. The second-order valence-corrected chi connectivity index (χ2v) is 5.88. The number of rotatable bonds is 4. The van der Waals surface area contributed by atoms with E-state index in [0.29, 0.717) is 17.0 Å². The van der Waals surface area contributed by atoms with Gasteiger partial charge in [-0.1, -0.05) is 36.4 Å². The van der Waals surface area contributed by atoms with Crippen LogP contribution in [-0.2, 0) is 16.0 Å². The molecule has 0 unspecified atom stereocenters. The van der Waals surface area contributed by atoms with E-state index in [0.717, 1.165) is 21.8 Å². The van der Waals surface area contributed by atoms with Gasteiger partial charge in [-0.15, -0.1) is 0 Å². The number of carbonyl (C=O) groups excluding carboxylic acids is 2. The van der Waals surface area contributed by atoms with Crippen molar-refractivity contribution in [3.8, 4) is 0 Å². The third-order valence-electron chi connectivity index (χ3n) is 4.33. The number of ether oxygens (including phenoxy) is 1. The predicted molar refractivity (Wildman–Crippen MR) is 95.7 cm³/mol. The summed E-state index contributed by atoms with van der Waals surface area (Å²) >= 11 is 0. The Bertz CT molecular complexity index is 1070. The maximum atomic E-state index is 13.2. The summed E-state index contributed by atoms with van der Waals surface area (Å²) in [4.78, 5) is 31.3. The van der Waals surface area contributed by atoms with Gasteiger partial charge in [0.25, 0.3) is 0 Å². The summed E-state index contributed by atoms with van der Waals surface area (Å²) in [5, 5.41) is 1.77. The first-order valence-corrected chi connectivity index (χ1v) is 7.96. The summed E-state index contributed by atoms with van der Waals surface area (Å²) < 4.78 is 4.76. The molecule has 2 aromatic carbocycles. The molecule has 0 bridgehead atoms. The van der Waals surface area contributed by atoms with Crippen molar-refractivity contribution < 1.29 is 14.3 Å². The van der Waals surface area contributed by atoms with E-state index in [9.17, 15) is 9.59 Å². The van der Waals surface area contributed by atoms with Gasteiger partial charge >= 0.3 is 5.97 Å². The molecule has 25 heavy (non-hydrogen) atoms. The Morgan fingerprint density at radius 2 is 1.68 bits per heavy atom. The van der Waals surface area contributed by atoms with Crippen LogP contribution in [0.5, 0.6) is 0 Å². The number of aromatic amines is 2. The monoisotopic (exact) mass is 332 g/mol. The van der Waals surface area contributed by atoms with E-state index in [2.05, 4.69) is 9.97 Å². The van der Waals surface area contributed by atoms with Crippen LogP contribution in [0.15, 0.2) is 54.6 Å². The first-order chi connectivity index (χ1) is 12.2. The van der Waals surface area contributed by atoms with E-state index < -0.39 is 5.97 Å². The number of hydrogen-bond acceptors (Lipinski definition) is 3. The molecule has 5 nitrogen and oxygen atoms in total. The number of benzene rings is 2. The molecule has 0 saturated carbocycles. The minimum absolute atomic E-state index is 0.0203. The lowest BCUT2D eigenvalue weighted by Gasteiger charge is -2.02. The van der Waals surface area contributed by atoms with Gasteiger partial charge in [0.2, 0.25) is 5.78 Å². The summed E-state index contributed by atoms with van der Waals surface area (Å²) in [6, 6.07) is 17.1. The Morgan fingerprint density at radius 1 is 0.960 bits per heavy atom. The minimum Gasteiger partial charge on any atom is -0.469 e. The fourth-order valence-electron chi connectivity index (χ4n) is 3.14. The molecule has 0 amide bonds. The zero-order chi connectivity index (χ0) is 17.4. The summed E-state index contributed by atoms with van der Waals surface area (Å²) in [6.45, 7) is 0. The van der Waals surface area contributed by atoms with Gasteiger partial charge in [-0.3, -0.25) is 9.59 Å². The van der Waals surface area contributed by atoms with E-state index in [1.165, 1.54) is 7.11 Å². The number of methoxy groups -OCH3 is 1. The molecule has 4 aromatic rings. The number of hydrogen-bond donors (Lipinski definition) is 2. The molecule has 0 aliphatic carbocycles. The molecular formula is C20H16N2O3. The average Bonchev–Trinajstić information content (AvgIpc) is 3.22. The molecule has 0 aliphatic rings. The normalized spacial score (nSPS) is 11.1. The number of para-hydroxylation sites is 2. The van der Waals surface area contributed by atoms with Crippen LogP contribution in [0.2, 0.25) is 0 Å². The van der Waals surface area contributed by atoms with Crippen LogP contribution in [0.4, 0.5) is 0 Å². The standard InChI is InChI=1S/C20H16N2O3/c1-25-18(23)11-16-19(13-7-3-5-9-15(13)22-16)20(24)17-10-12-6-2-4-8-14(12)21-17/h2-10,21-22H,11H2,1H3. The zero-order valence-electron chi connectivity index (χ0n) is 13.6. The number of H-pyrrole nitrogens is 2. The Kier molecular flexibility index (Phi) is 3.61. The van der Waals surface area contributed by atoms with Gasteiger partial charge in [0.05, 0.1) is 24.8 Å². The second kappa shape index (κ2) is 5.94. The van der Waals surface area contributed by atoms with Crippen molar-refractivity contribution in [2.45, 2.75) is 6.42 Å². The molecule has 4 rings (SSSR count). The smallest absolute Gasteiger partial charge is 0.311 e. The molecule has 124 valence electrons. The van der Waals surface area contributed by atoms with Gasteiger partial charge in [-0.05, 0) is 18.2 Å². The van der Waals surface area contributed by atoms with Crippen LogP contribution < -0.4 is 0 Å². The third-order valence-corrected chi connectivity index (χ3v) is 4.33. The van der Waals surface area contributed by atoms with Gasteiger partial charge in [0.1, 0.15) is 0 Å². The maximum Gasteiger partial charge on any atom is 0.311 e. The van der Waals surface area contributed by atoms with Gasteiger partial charge in [-0.25, -0.2) is 0 Å². The minimum atomic E-state index is -0.391. The highest BCUT2D eigenvalue weighted by Crippen LogP contribution is 2.27. The van der Waals surface area contributed by atoms with E-state index in [1.807, 2.05) is 54.6 Å². The first kappa shape index (κ1) is 15.2. The molecule has 0 atom stereocenters. The summed E-state index contributed by atoms with van der Waals surface area (Å²) in [5.74, 6) is -0.537. The highest BCUT2D eigenvalue weighted by Gasteiger charge is 2.22. The number of nitrogens with one attached hydrogen (secondary N) is 2. The maximum absolute atomic E-state index is 13.2. The number of ketones is 1. The fraction of sp³-hybridized carbons (Fsp3) is 0.100. The molecule has 5 heteroatoms. The first-order valence-electron chi connectivity index (χ1n) is 7.96. The van der Waals surface area contributed by atoms with E-state index in [-0.39, 0.29) is 12.2 Å². The molecule has 2 heterocycles. The molecular weight excluding hydrogens is 316 g/mol. The summed E-state index contributed by atoms with van der Waals surface area (Å²) in [7, 11) is 1.34.